The van der Waals surface area contributed by atoms with E-state index >= 15 is 0 Å². The molecule has 0 aromatic heterocycles. The second kappa shape index (κ2) is 9.44. The molecule has 0 radical (unpaired) electrons. The number of carbonyl (C=O) groups excluding carboxylic acids is 1. The van der Waals surface area contributed by atoms with Gasteiger partial charge in [-0.3, -0.25) is 9.79 Å². The van der Waals surface area contributed by atoms with Gasteiger partial charge < -0.3 is 19.9 Å². The van der Waals surface area contributed by atoms with Crippen molar-refractivity contribution in [2.24, 2.45) is 10.9 Å². The van der Waals surface area contributed by atoms with E-state index in [1.807, 2.05) is 14.0 Å². The lowest BCUT2D eigenvalue weighted by molar-refractivity contribution is -0.149. The zero-order valence-corrected chi connectivity index (χ0v) is 16.4. The molecule has 1 saturated heterocycles. The number of aliphatic imine (C=N–C) groups is 1. The van der Waals surface area contributed by atoms with Crippen LogP contribution in [0.4, 0.5) is 5.69 Å². The number of anilines is 1. The Kier molecular flexibility index (Phi) is 6.74. The van der Waals surface area contributed by atoms with E-state index in [-0.39, 0.29) is 11.9 Å². The number of hydrogen-bond donors (Lipinski definition) is 1. The molecule has 3 rings (SSSR count). The molecule has 0 spiro atoms. The second-order valence-electron chi connectivity index (χ2n) is 6.96. The SMILES string of the molecule is CCOC(=O)C1CCN(C(=NC)NCc2ccc(N3CC=CC3)cc2)CC1. The summed E-state index contributed by atoms with van der Waals surface area (Å²) in [5, 5.41) is 3.45. The number of benzene rings is 1. The standard InChI is InChI=1S/C21H30N4O2/c1-3-27-20(26)18-10-14-25(15-11-18)21(22-2)23-16-17-6-8-19(9-7-17)24-12-4-5-13-24/h4-9,18H,3,10-16H2,1-2H3,(H,22,23). The molecule has 2 aliphatic heterocycles. The lowest BCUT2D eigenvalue weighted by atomic mass is 9.97. The van der Waals surface area contributed by atoms with E-state index in [4.69, 9.17) is 4.74 Å². The molecule has 146 valence electrons. The minimum absolute atomic E-state index is 0.0203. The Morgan fingerprint density at radius 3 is 2.44 bits per heavy atom. The molecule has 27 heavy (non-hydrogen) atoms. The Morgan fingerprint density at radius 1 is 1.19 bits per heavy atom. The average molecular weight is 370 g/mol. The zero-order chi connectivity index (χ0) is 19.1. The first-order chi connectivity index (χ1) is 13.2. The fraction of sp³-hybridized carbons (Fsp3) is 0.524. The normalized spacial score (nSPS) is 18.1. The molecule has 0 unspecified atom stereocenters. The Morgan fingerprint density at radius 2 is 1.85 bits per heavy atom. The number of hydrogen-bond acceptors (Lipinski definition) is 4. The van der Waals surface area contributed by atoms with Crippen LogP contribution in [0, 0.1) is 5.92 Å². The lowest BCUT2D eigenvalue weighted by Gasteiger charge is -2.33. The van der Waals surface area contributed by atoms with Crippen LogP contribution in [0.1, 0.15) is 25.3 Å². The highest BCUT2D eigenvalue weighted by atomic mass is 16.5. The summed E-state index contributed by atoms with van der Waals surface area (Å²) in [5.41, 5.74) is 2.49. The predicted octanol–water partition coefficient (Wildman–Crippen LogP) is 2.41. The first-order valence-electron chi connectivity index (χ1n) is 9.82. The van der Waals surface area contributed by atoms with Crippen LogP contribution in [0.25, 0.3) is 0 Å². The van der Waals surface area contributed by atoms with E-state index in [2.05, 4.69) is 56.5 Å². The van der Waals surface area contributed by atoms with Crippen LogP contribution in [-0.2, 0) is 16.1 Å². The summed E-state index contributed by atoms with van der Waals surface area (Å²) in [4.78, 5) is 20.9. The maximum absolute atomic E-state index is 11.9. The minimum atomic E-state index is -0.0617. The van der Waals surface area contributed by atoms with Crippen LogP contribution in [0.2, 0.25) is 0 Å². The molecule has 2 heterocycles. The number of nitrogens with one attached hydrogen (secondary N) is 1. The Balaban J connectivity index is 1.47. The Hall–Kier alpha value is -2.50. The fourth-order valence-corrected chi connectivity index (χ4v) is 3.61. The van der Waals surface area contributed by atoms with Gasteiger partial charge in [0.15, 0.2) is 5.96 Å². The number of likely N-dealkylation sites (tertiary alicyclic amines) is 1. The van der Waals surface area contributed by atoms with Crippen molar-refractivity contribution in [3.63, 3.8) is 0 Å². The molecule has 0 aliphatic carbocycles. The van der Waals surface area contributed by atoms with Gasteiger partial charge in [0, 0.05) is 45.5 Å². The molecule has 0 saturated carbocycles. The highest BCUT2D eigenvalue weighted by molar-refractivity contribution is 5.80. The van der Waals surface area contributed by atoms with Crippen molar-refractivity contribution < 1.29 is 9.53 Å². The van der Waals surface area contributed by atoms with Crippen molar-refractivity contribution in [2.45, 2.75) is 26.3 Å². The van der Waals surface area contributed by atoms with Crippen molar-refractivity contribution in [1.29, 1.82) is 0 Å². The third-order valence-electron chi connectivity index (χ3n) is 5.20. The first kappa shape index (κ1) is 19.3. The third kappa shape index (κ3) is 5.02. The van der Waals surface area contributed by atoms with Gasteiger partial charge in [-0.15, -0.1) is 0 Å². The molecule has 1 aromatic rings. The smallest absolute Gasteiger partial charge is 0.309 e. The van der Waals surface area contributed by atoms with E-state index in [0.717, 1.165) is 51.5 Å². The number of guanidine groups is 1. The van der Waals surface area contributed by atoms with Crippen molar-refractivity contribution in [3.05, 3.63) is 42.0 Å². The molecule has 1 fully saturated rings. The van der Waals surface area contributed by atoms with Crippen LogP contribution in [0.15, 0.2) is 41.4 Å². The lowest BCUT2D eigenvalue weighted by Crippen LogP contribution is -2.46. The molecular weight excluding hydrogens is 340 g/mol. The van der Waals surface area contributed by atoms with Gasteiger partial charge in [0.25, 0.3) is 0 Å². The van der Waals surface area contributed by atoms with Crippen LogP contribution in [0.5, 0.6) is 0 Å². The quantitative estimate of drug-likeness (QED) is 0.373. The summed E-state index contributed by atoms with van der Waals surface area (Å²) >= 11 is 0. The highest BCUT2D eigenvalue weighted by Gasteiger charge is 2.27. The number of carbonyl (C=O) groups is 1. The molecular formula is C21H30N4O2. The average Bonchev–Trinajstić information content (AvgIpc) is 3.24. The van der Waals surface area contributed by atoms with Gasteiger partial charge in [-0.25, -0.2) is 0 Å². The van der Waals surface area contributed by atoms with Crippen molar-refractivity contribution in [2.75, 3.05) is 44.7 Å². The van der Waals surface area contributed by atoms with Gasteiger partial charge >= 0.3 is 5.97 Å². The number of rotatable bonds is 5. The zero-order valence-electron chi connectivity index (χ0n) is 16.4. The molecule has 0 atom stereocenters. The number of nitrogens with zero attached hydrogens (tertiary/aromatic N) is 3. The minimum Gasteiger partial charge on any atom is -0.466 e. The van der Waals surface area contributed by atoms with Gasteiger partial charge in [0.1, 0.15) is 0 Å². The van der Waals surface area contributed by atoms with Crippen molar-refractivity contribution in [3.8, 4) is 0 Å². The van der Waals surface area contributed by atoms with E-state index in [1.54, 1.807) is 0 Å². The monoisotopic (exact) mass is 370 g/mol. The van der Waals surface area contributed by atoms with Crippen molar-refractivity contribution >= 4 is 17.6 Å². The van der Waals surface area contributed by atoms with E-state index in [0.29, 0.717) is 6.61 Å². The van der Waals surface area contributed by atoms with Gasteiger partial charge in [0.05, 0.1) is 12.5 Å². The number of esters is 1. The molecule has 1 N–H and O–H groups in total. The molecule has 2 aliphatic rings. The number of piperidine rings is 1. The maximum Gasteiger partial charge on any atom is 0.309 e. The van der Waals surface area contributed by atoms with Crippen LogP contribution < -0.4 is 10.2 Å². The van der Waals surface area contributed by atoms with Crippen LogP contribution in [0.3, 0.4) is 0 Å². The predicted molar refractivity (Wildman–Crippen MR) is 109 cm³/mol. The second-order valence-corrected chi connectivity index (χ2v) is 6.96. The largest absolute Gasteiger partial charge is 0.466 e. The van der Waals surface area contributed by atoms with E-state index in [1.165, 1.54) is 11.3 Å². The summed E-state index contributed by atoms with van der Waals surface area (Å²) in [6, 6.07) is 8.69. The molecule has 1 aromatic carbocycles. The third-order valence-corrected chi connectivity index (χ3v) is 5.20. The summed E-state index contributed by atoms with van der Waals surface area (Å²) in [7, 11) is 1.81. The van der Waals surface area contributed by atoms with Crippen molar-refractivity contribution in [1.82, 2.24) is 10.2 Å². The Labute approximate surface area is 161 Å². The van der Waals surface area contributed by atoms with E-state index in [9.17, 15) is 4.79 Å². The van der Waals surface area contributed by atoms with E-state index < -0.39 is 0 Å². The molecule has 6 nitrogen and oxygen atoms in total. The Bertz CT molecular complexity index is 668. The maximum atomic E-state index is 11.9. The number of ether oxygens (including phenoxy) is 1. The van der Waals surface area contributed by atoms with Gasteiger partial charge in [-0.1, -0.05) is 24.3 Å². The highest BCUT2D eigenvalue weighted by Crippen LogP contribution is 2.20. The molecule has 6 heteroatoms. The summed E-state index contributed by atoms with van der Waals surface area (Å²) in [5.74, 6) is 0.852. The van der Waals surface area contributed by atoms with Gasteiger partial charge in [-0.05, 0) is 37.5 Å². The van der Waals surface area contributed by atoms with Gasteiger partial charge in [0.2, 0.25) is 0 Å². The van der Waals surface area contributed by atoms with Crippen LogP contribution in [-0.4, -0.2) is 56.7 Å². The first-order valence-corrected chi connectivity index (χ1v) is 9.82. The fourth-order valence-electron chi connectivity index (χ4n) is 3.61. The topological polar surface area (TPSA) is 57.2 Å². The molecule has 0 bridgehead atoms. The summed E-state index contributed by atoms with van der Waals surface area (Å²) in [6.07, 6.45) is 6.03. The van der Waals surface area contributed by atoms with Crippen LogP contribution >= 0.6 is 0 Å². The molecule has 0 amide bonds. The van der Waals surface area contributed by atoms with Gasteiger partial charge in [-0.2, -0.15) is 0 Å². The summed E-state index contributed by atoms with van der Waals surface area (Å²) in [6.45, 7) is 6.68. The summed E-state index contributed by atoms with van der Waals surface area (Å²) < 4.78 is 5.14.